The van der Waals surface area contributed by atoms with Crippen molar-refractivity contribution in [1.82, 2.24) is 0 Å². The zero-order valence-corrected chi connectivity index (χ0v) is 16.7. The Hall–Kier alpha value is -0.260. The van der Waals surface area contributed by atoms with E-state index in [1.54, 1.807) is 0 Å². The summed E-state index contributed by atoms with van der Waals surface area (Å²) in [5.41, 5.74) is 0. The smallest absolute Gasteiger partial charge is 0.0317 e. The molecule has 132 valence electrons. The zero-order valence-electron chi connectivity index (χ0n) is 16.7. The van der Waals surface area contributed by atoms with E-state index in [1.165, 1.54) is 51.4 Å². The van der Waals surface area contributed by atoms with Crippen molar-refractivity contribution >= 4 is 0 Å². The molecule has 0 aromatic heterocycles. The van der Waals surface area contributed by atoms with Gasteiger partial charge in [-0.1, -0.05) is 99.1 Å². The van der Waals surface area contributed by atoms with Crippen molar-refractivity contribution in [2.75, 3.05) is 0 Å². The highest BCUT2D eigenvalue weighted by molar-refractivity contribution is 4.86. The lowest BCUT2D eigenvalue weighted by atomic mass is 9.74. The summed E-state index contributed by atoms with van der Waals surface area (Å²) in [5, 5.41) is 0. The third-order valence-electron chi connectivity index (χ3n) is 5.79. The van der Waals surface area contributed by atoms with E-state index in [0.29, 0.717) is 0 Å². The standard InChI is InChI=1S/C22H44/c1-8-10-12-17-22(18(3)4)21(7)20(6)16-14-11-13-15-19(5)9-2/h10,12,18-22H,8-9,11,13-17H2,1-7H3. The van der Waals surface area contributed by atoms with Crippen LogP contribution in [0, 0.1) is 29.6 Å². The van der Waals surface area contributed by atoms with Crippen molar-refractivity contribution in [2.24, 2.45) is 29.6 Å². The van der Waals surface area contributed by atoms with Gasteiger partial charge in [0.25, 0.3) is 0 Å². The van der Waals surface area contributed by atoms with Gasteiger partial charge in [-0.15, -0.1) is 0 Å². The van der Waals surface area contributed by atoms with Crippen LogP contribution >= 0.6 is 0 Å². The minimum Gasteiger partial charge on any atom is -0.0888 e. The maximum Gasteiger partial charge on any atom is -0.0317 e. The van der Waals surface area contributed by atoms with E-state index in [4.69, 9.17) is 0 Å². The number of allylic oxidation sites excluding steroid dienone is 2. The highest BCUT2D eigenvalue weighted by Crippen LogP contribution is 2.33. The molecule has 0 radical (unpaired) electrons. The van der Waals surface area contributed by atoms with Gasteiger partial charge in [-0.3, -0.25) is 0 Å². The third-order valence-corrected chi connectivity index (χ3v) is 5.79. The van der Waals surface area contributed by atoms with E-state index in [0.717, 1.165) is 29.6 Å². The summed E-state index contributed by atoms with van der Waals surface area (Å²) in [6.45, 7) is 16.7. The molecule has 0 aliphatic heterocycles. The Labute approximate surface area is 142 Å². The second kappa shape index (κ2) is 13.2. The molecule has 0 amide bonds. The number of unbranched alkanes of at least 4 members (excludes halogenated alkanes) is 2. The summed E-state index contributed by atoms with van der Waals surface area (Å²) < 4.78 is 0. The van der Waals surface area contributed by atoms with Crippen molar-refractivity contribution in [1.29, 1.82) is 0 Å². The molecule has 0 aromatic rings. The molecule has 0 aromatic carbocycles. The van der Waals surface area contributed by atoms with Crippen molar-refractivity contribution in [3.8, 4) is 0 Å². The molecule has 0 aliphatic rings. The first kappa shape index (κ1) is 21.7. The van der Waals surface area contributed by atoms with Gasteiger partial charge in [-0.05, 0) is 42.4 Å². The Kier molecular flexibility index (Phi) is 13.0. The predicted molar refractivity (Wildman–Crippen MR) is 103 cm³/mol. The van der Waals surface area contributed by atoms with Gasteiger partial charge in [0.15, 0.2) is 0 Å². The topological polar surface area (TPSA) is 0 Å². The second-order valence-electron chi connectivity index (χ2n) is 8.01. The molecule has 0 saturated heterocycles. The Bertz CT molecular complexity index is 263. The Morgan fingerprint density at radius 3 is 1.95 bits per heavy atom. The van der Waals surface area contributed by atoms with Crippen LogP contribution < -0.4 is 0 Å². The zero-order chi connectivity index (χ0) is 17.0. The fourth-order valence-electron chi connectivity index (χ4n) is 3.54. The van der Waals surface area contributed by atoms with Crippen molar-refractivity contribution in [2.45, 2.75) is 99.8 Å². The molecule has 4 unspecified atom stereocenters. The second-order valence-corrected chi connectivity index (χ2v) is 8.01. The van der Waals surface area contributed by atoms with Crippen LogP contribution in [-0.4, -0.2) is 0 Å². The predicted octanol–water partition coefficient (Wildman–Crippen LogP) is 7.88. The van der Waals surface area contributed by atoms with Gasteiger partial charge in [0, 0.05) is 0 Å². The molecule has 0 aliphatic carbocycles. The summed E-state index contributed by atoms with van der Waals surface area (Å²) in [5.74, 6) is 4.27. The average molecular weight is 309 g/mol. The molecule has 0 heteroatoms. The molecular formula is C22H44. The van der Waals surface area contributed by atoms with Crippen LogP contribution in [0.2, 0.25) is 0 Å². The summed E-state index contributed by atoms with van der Waals surface area (Å²) in [7, 11) is 0. The Morgan fingerprint density at radius 2 is 1.41 bits per heavy atom. The van der Waals surface area contributed by atoms with E-state index in [9.17, 15) is 0 Å². The molecule has 0 spiro atoms. The molecule has 0 saturated carbocycles. The molecule has 22 heavy (non-hydrogen) atoms. The van der Waals surface area contributed by atoms with E-state index in [1.807, 2.05) is 0 Å². The van der Waals surface area contributed by atoms with Gasteiger partial charge in [0.05, 0.1) is 0 Å². The van der Waals surface area contributed by atoms with Gasteiger partial charge < -0.3 is 0 Å². The Balaban J connectivity index is 4.09. The van der Waals surface area contributed by atoms with Gasteiger partial charge in [-0.25, -0.2) is 0 Å². The van der Waals surface area contributed by atoms with Crippen molar-refractivity contribution in [3.63, 3.8) is 0 Å². The molecule has 4 atom stereocenters. The normalized spacial score (nSPS) is 17.8. The van der Waals surface area contributed by atoms with Crippen LogP contribution in [0.1, 0.15) is 99.8 Å². The minimum absolute atomic E-state index is 0.796. The summed E-state index contributed by atoms with van der Waals surface area (Å²) >= 11 is 0. The lowest BCUT2D eigenvalue weighted by Crippen LogP contribution is -2.23. The first-order valence-corrected chi connectivity index (χ1v) is 10.1. The van der Waals surface area contributed by atoms with Crippen LogP contribution in [0.15, 0.2) is 12.2 Å². The molecule has 0 rings (SSSR count). The quantitative estimate of drug-likeness (QED) is 0.240. The summed E-state index contributed by atoms with van der Waals surface area (Å²) in [6.07, 6.45) is 15.7. The first-order valence-electron chi connectivity index (χ1n) is 10.1. The largest absolute Gasteiger partial charge is 0.0888 e. The summed E-state index contributed by atoms with van der Waals surface area (Å²) in [6, 6.07) is 0. The van der Waals surface area contributed by atoms with Crippen LogP contribution in [0.5, 0.6) is 0 Å². The van der Waals surface area contributed by atoms with E-state index < -0.39 is 0 Å². The monoisotopic (exact) mass is 308 g/mol. The van der Waals surface area contributed by atoms with Crippen LogP contribution in [0.3, 0.4) is 0 Å². The van der Waals surface area contributed by atoms with Crippen LogP contribution in [0.25, 0.3) is 0 Å². The highest BCUT2D eigenvalue weighted by atomic mass is 14.3. The molecule has 0 nitrogen and oxygen atoms in total. The maximum absolute atomic E-state index is 2.49. The van der Waals surface area contributed by atoms with Gasteiger partial charge in [0.1, 0.15) is 0 Å². The number of rotatable bonds is 13. The maximum atomic E-state index is 2.49. The first-order chi connectivity index (χ1) is 10.4. The Morgan fingerprint density at radius 1 is 0.773 bits per heavy atom. The molecule has 0 bridgehead atoms. The van der Waals surface area contributed by atoms with E-state index >= 15 is 0 Å². The fraction of sp³-hybridized carbons (Fsp3) is 0.909. The van der Waals surface area contributed by atoms with Gasteiger partial charge >= 0.3 is 0 Å². The summed E-state index contributed by atoms with van der Waals surface area (Å²) in [4.78, 5) is 0. The molecule has 0 heterocycles. The minimum atomic E-state index is 0.796. The van der Waals surface area contributed by atoms with Crippen molar-refractivity contribution in [3.05, 3.63) is 12.2 Å². The fourth-order valence-corrected chi connectivity index (χ4v) is 3.54. The lowest BCUT2D eigenvalue weighted by molar-refractivity contribution is 0.195. The van der Waals surface area contributed by atoms with Gasteiger partial charge in [0.2, 0.25) is 0 Å². The van der Waals surface area contributed by atoms with Crippen molar-refractivity contribution < 1.29 is 0 Å². The molecular weight excluding hydrogens is 264 g/mol. The lowest BCUT2D eigenvalue weighted by Gasteiger charge is -2.31. The van der Waals surface area contributed by atoms with Crippen LogP contribution in [0.4, 0.5) is 0 Å². The molecule has 0 N–H and O–H groups in total. The van der Waals surface area contributed by atoms with Gasteiger partial charge in [-0.2, -0.15) is 0 Å². The molecule has 0 fully saturated rings. The number of hydrogen-bond acceptors (Lipinski definition) is 0. The number of hydrogen-bond donors (Lipinski definition) is 0. The average Bonchev–Trinajstić information content (AvgIpc) is 2.49. The van der Waals surface area contributed by atoms with Crippen LogP contribution in [-0.2, 0) is 0 Å². The highest BCUT2D eigenvalue weighted by Gasteiger charge is 2.24. The third kappa shape index (κ3) is 9.70. The SMILES string of the molecule is CCC=CCC(C(C)C)C(C)C(C)CCCCCC(C)CC. The van der Waals surface area contributed by atoms with E-state index in [-0.39, 0.29) is 0 Å². The van der Waals surface area contributed by atoms with E-state index in [2.05, 4.69) is 60.6 Å².